The number of hydrogen-bond acceptors (Lipinski definition) is 3. The average molecular weight is 283 g/mol. The maximum Gasteiger partial charge on any atom is 0.337 e. The van der Waals surface area contributed by atoms with Crippen molar-refractivity contribution in [2.75, 3.05) is 18.5 Å². The Morgan fingerprint density at radius 3 is 3.00 bits per heavy atom. The molecule has 84 valence electrons. The predicted octanol–water partition coefficient (Wildman–Crippen LogP) is 2.00. The molecule has 0 aliphatic rings. The summed E-state index contributed by atoms with van der Waals surface area (Å²) in [5.74, 6) is 2.13. The van der Waals surface area contributed by atoms with E-state index in [1.807, 2.05) is 11.9 Å². The highest BCUT2D eigenvalue weighted by atomic mass is 79.9. The van der Waals surface area contributed by atoms with Crippen LogP contribution < -0.4 is 4.90 Å². The van der Waals surface area contributed by atoms with E-state index in [0.717, 1.165) is 0 Å². The lowest BCUT2D eigenvalue weighted by atomic mass is 10.2. The first-order chi connectivity index (χ1) is 7.56. The number of aromatic nitrogens is 1. The quantitative estimate of drug-likeness (QED) is 0.859. The molecule has 1 rings (SSSR count). The topological polar surface area (TPSA) is 53.4 Å². The van der Waals surface area contributed by atoms with Gasteiger partial charge in [0.1, 0.15) is 5.82 Å². The molecular formula is C11H11BrN2O2. The van der Waals surface area contributed by atoms with E-state index >= 15 is 0 Å². The molecule has 0 fully saturated rings. The lowest BCUT2D eigenvalue weighted by Gasteiger charge is -2.17. The number of halogens is 1. The molecule has 0 unspecified atom stereocenters. The van der Waals surface area contributed by atoms with Crippen LogP contribution in [-0.4, -0.2) is 29.7 Å². The van der Waals surface area contributed by atoms with Crippen molar-refractivity contribution in [3.63, 3.8) is 0 Å². The number of rotatable bonds is 4. The molecule has 1 aromatic heterocycles. The van der Waals surface area contributed by atoms with E-state index in [-0.39, 0.29) is 5.56 Å². The molecule has 0 saturated carbocycles. The van der Waals surface area contributed by atoms with Crippen molar-refractivity contribution >= 4 is 27.7 Å². The summed E-state index contributed by atoms with van der Waals surface area (Å²) in [5, 5.41) is 8.94. The van der Waals surface area contributed by atoms with Crippen molar-refractivity contribution in [2.24, 2.45) is 0 Å². The van der Waals surface area contributed by atoms with E-state index in [1.165, 1.54) is 12.3 Å². The van der Waals surface area contributed by atoms with Gasteiger partial charge >= 0.3 is 5.97 Å². The third kappa shape index (κ3) is 2.97. The molecule has 1 heterocycles. The Hall–Kier alpha value is -1.54. The molecule has 0 spiro atoms. The highest BCUT2D eigenvalue weighted by Crippen LogP contribution is 2.20. The van der Waals surface area contributed by atoms with E-state index in [0.29, 0.717) is 23.3 Å². The molecule has 4 nitrogen and oxygen atoms in total. The van der Waals surface area contributed by atoms with Gasteiger partial charge in [-0.3, -0.25) is 0 Å². The van der Waals surface area contributed by atoms with Crippen LogP contribution in [0.5, 0.6) is 0 Å². The molecule has 1 aromatic rings. The normalized spacial score (nSPS) is 9.56. The summed E-state index contributed by atoms with van der Waals surface area (Å²) in [6, 6.07) is 1.52. The Labute approximate surface area is 102 Å². The summed E-state index contributed by atoms with van der Waals surface area (Å²) in [7, 11) is 1.82. The Bertz CT molecular complexity index is 440. The summed E-state index contributed by atoms with van der Waals surface area (Å²) >= 11 is 3.14. The predicted molar refractivity (Wildman–Crippen MR) is 65.6 cm³/mol. The fourth-order valence-corrected chi connectivity index (χ4v) is 1.53. The Kier molecular flexibility index (Phi) is 4.32. The Balaban J connectivity index is 2.94. The monoisotopic (exact) mass is 282 g/mol. The molecule has 5 heteroatoms. The van der Waals surface area contributed by atoms with Crippen LogP contribution in [0.3, 0.4) is 0 Å². The van der Waals surface area contributed by atoms with Crippen LogP contribution in [0.2, 0.25) is 0 Å². The fraction of sp³-hybridized carbons (Fsp3) is 0.273. The Morgan fingerprint density at radius 2 is 2.44 bits per heavy atom. The minimum atomic E-state index is -0.985. The number of pyridine rings is 1. The van der Waals surface area contributed by atoms with E-state index in [1.54, 1.807) is 0 Å². The van der Waals surface area contributed by atoms with Crippen LogP contribution in [-0.2, 0) is 0 Å². The second kappa shape index (κ2) is 5.52. The number of hydrogen-bond donors (Lipinski definition) is 1. The van der Waals surface area contributed by atoms with E-state index in [9.17, 15) is 4.79 Å². The summed E-state index contributed by atoms with van der Waals surface area (Å²) in [6.07, 6.45) is 7.23. The van der Waals surface area contributed by atoms with Crippen LogP contribution in [0.4, 0.5) is 5.82 Å². The van der Waals surface area contributed by atoms with Crippen LogP contribution in [0.15, 0.2) is 16.7 Å². The van der Waals surface area contributed by atoms with Crippen LogP contribution >= 0.6 is 15.9 Å². The molecule has 0 saturated heterocycles. The van der Waals surface area contributed by atoms with Gasteiger partial charge in [-0.05, 0) is 22.0 Å². The second-order valence-corrected chi connectivity index (χ2v) is 4.06. The zero-order valence-electron chi connectivity index (χ0n) is 8.77. The van der Waals surface area contributed by atoms with Gasteiger partial charge in [-0.25, -0.2) is 9.78 Å². The molecule has 0 bridgehead atoms. The first-order valence-corrected chi connectivity index (χ1v) is 5.39. The second-order valence-electron chi connectivity index (χ2n) is 3.20. The number of anilines is 1. The minimum absolute atomic E-state index is 0.192. The first-order valence-electron chi connectivity index (χ1n) is 4.59. The molecule has 0 atom stereocenters. The lowest BCUT2D eigenvalue weighted by Crippen LogP contribution is -2.19. The summed E-state index contributed by atoms with van der Waals surface area (Å²) < 4.78 is 0.467. The number of nitrogens with zero attached hydrogens (tertiary/aromatic N) is 2. The van der Waals surface area contributed by atoms with E-state index in [2.05, 4.69) is 26.8 Å². The third-order valence-corrected chi connectivity index (χ3v) is 2.69. The van der Waals surface area contributed by atoms with Crippen molar-refractivity contribution in [1.29, 1.82) is 0 Å². The molecule has 1 N–H and O–H groups in total. The van der Waals surface area contributed by atoms with Gasteiger partial charge < -0.3 is 10.0 Å². The van der Waals surface area contributed by atoms with Crippen molar-refractivity contribution in [3.8, 4) is 12.3 Å². The molecule has 0 amide bonds. The number of aromatic carboxylic acids is 1. The molecule has 0 aromatic carbocycles. The minimum Gasteiger partial charge on any atom is -0.478 e. The smallest absolute Gasteiger partial charge is 0.337 e. The highest BCUT2D eigenvalue weighted by Gasteiger charge is 2.11. The van der Waals surface area contributed by atoms with Gasteiger partial charge in [0.15, 0.2) is 0 Å². The molecule has 0 aliphatic carbocycles. The molecule has 16 heavy (non-hydrogen) atoms. The lowest BCUT2D eigenvalue weighted by molar-refractivity contribution is 0.0696. The van der Waals surface area contributed by atoms with E-state index < -0.39 is 5.97 Å². The standard InChI is InChI=1S/C11H11BrN2O2/c1-3-4-5-14(2)10-6-8(11(15)16)9(12)7-13-10/h1,6-7H,4-5H2,2H3,(H,15,16). The number of carboxylic acid groups (broad SMARTS) is 1. The van der Waals surface area contributed by atoms with Gasteiger partial charge in [-0.15, -0.1) is 12.3 Å². The van der Waals surface area contributed by atoms with Gasteiger partial charge in [-0.2, -0.15) is 0 Å². The van der Waals surface area contributed by atoms with Gasteiger partial charge in [0.25, 0.3) is 0 Å². The molecular weight excluding hydrogens is 272 g/mol. The van der Waals surface area contributed by atoms with Crippen molar-refractivity contribution in [2.45, 2.75) is 6.42 Å². The van der Waals surface area contributed by atoms with Gasteiger partial charge in [0, 0.05) is 26.2 Å². The largest absolute Gasteiger partial charge is 0.478 e. The average Bonchev–Trinajstić information content (AvgIpc) is 2.26. The summed E-state index contributed by atoms with van der Waals surface area (Å²) in [5.41, 5.74) is 0.192. The van der Waals surface area contributed by atoms with Crippen LogP contribution in [0.1, 0.15) is 16.8 Å². The van der Waals surface area contributed by atoms with Crippen molar-refractivity contribution < 1.29 is 9.90 Å². The number of carboxylic acids is 1. The molecule has 0 radical (unpaired) electrons. The maximum atomic E-state index is 10.9. The first kappa shape index (κ1) is 12.5. The van der Waals surface area contributed by atoms with E-state index in [4.69, 9.17) is 11.5 Å². The summed E-state index contributed by atoms with van der Waals surface area (Å²) in [6.45, 7) is 0.643. The number of terminal acetylenes is 1. The van der Waals surface area contributed by atoms with Crippen molar-refractivity contribution in [3.05, 3.63) is 22.3 Å². The zero-order valence-corrected chi connectivity index (χ0v) is 10.4. The summed E-state index contributed by atoms with van der Waals surface area (Å²) in [4.78, 5) is 16.8. The van der Waals surface area contributed by atoms with Crippen LogP contribution in [0, 0.1) is 12.3 Å². The highest BCUT2D eigenvalue weighted by molar-refractivity contribution is 9.10. The van der Waals surface area contributed by atoms with Gasteiger partial charge in [0.2, 0.25) is 0 Å². The Morgan fingerprint density at radius 1 is 1.75 bits per heavy atom. The van der Waals surface area contributed by atoms with Gasteiger partial charge in [0.05, 0.1) is 10.0 Å². The zero-order chi connectivity index (χ0) is 12.1. The van der Waals surface area contributed by atoms with Gasteiger partial charge in [-0.1, -0.05) is 0 Å². The third-order valence-electron chi connectivity index (χ3n) is 2.05. The molecule has 0 aliphatic heterocycles. The maximum absolute atomic E-state index is 10.9. The number of carbonyl (C=O) groups is 1. The van der Waals surface area contributed by atoms with Crippen LogP contribution in [0.25, 0.3) is 0 Å². The SMILES string of the molecule is C#CCCN(C)c1cc(C(=O)O)c(Br)cn1. The van der Waals surface area contributed by atoms with Crippen molar-refractivity contribution in [1.82, 2.24) is 4.98 Å². The fourth-order valence-electron chi connectivity index (χ4n) is 1.15.